The average molecular weight is 345 g/mol. The van der Waals surface area contributed by atoms with Crippen molar-refractivity contribution in [2.45, 2.75) is 25.6 Å². The molecule has 0 spiro atoms. The number of carbonyl (C=O) groups is 1. The summed E-state index contributed by atoms with van der Waals surface area (Å²) in [6.45, 7) is 1.47. The fourth-order valence-corrected chi connectivity index (χ4v) is 2.70. The van der Waals surface area contributed by atoms with Crippen LogP contribution in [0.3, 0.4) is 0 Å². The number of nitrogens with one attached hydrogen (secondary N) is 1. The lowest BCUT2D eigenvalue weighted by Gasteiger charge is -2.17. The van der Waals surface area contributed by atoms with Crippen molar-refractivity contribution < 1.29 is 23.1 Å². The number of rotatable bonds is 5. The van der Waals surface area contributed by atoms with Gasteiger partial charge in [0, 0.05) is 6.54 Å². The standard InChI is InChI=1S/C14H14F3N3O2S/c1-2-10-12(23-20-19-10)13(22)18-7-11(21)8-5-3-4-6-9(8)14(15,16)17/h3-6,11,21H,2,7H2,1H3,(H,18,22)/t11-/m1/s1. The molecule has 0 fully saturated rings. The Balaban J connectivity index is 2.09. The van der Waals surface area contributed by atoms with Crippen LogP contribution in [0.4, 0.5) is 13.2 Å². The van der Waals surface area contributed by atoms with Gasteiger partial charge >= 0.3 is 6.18 Å². The van der Waals surface area contributed by atoms with E-state index in [9.17, 15) is 23.1 Å². The number of aliphatic hydroxyl groups excluding tert-OH is 1. The Hall–Kier alpha value is -2.00. The lowest BCUT2D eigenvalue weighted by molar-refractivity contribution is -0.139. The number of aromatic nitrogens is 2. The zero-order valence-electron chi connectivity index (χ0n) is 12.1. The number of benzene rings is 1. The van der Waals surface area contributed by atoms with Crippen molar-refractivity contribution >= 4 is 17.4 Å². The molecule has 1 heterocycles. The van der Waals surface area contributed by atoms with E-state index in [0.717, 1.165) is 17.6 Å². The number of aryl methyl sites for hydroxylation is 1. The Morgan fingerprint density at radius 1 is 1.39 bits per heavy atom. The van der Waals surface area contributed by atoms with Crippen LogP contribution >= 0.6 is 11.5 Å². The van der Waals surface area contributed by atoms with Crippen LogP contribution in [0.2, 0.25) is 0 Å². The molecule has 2 aromatic rings. The predicted molar refractivity (Wildman–Crippen MR) is 78.0 cm³/mol. The number of hydrogen-bond donors (Lipinski definition) is 2. The summed E-state index contributed by atoms with van der Waals surface area (Å²) in [6.07, 6.45) is -5.53. The smallest absolute Gasteiger partial charge is 0.387 e. The molecule has 1 atom stereocenters. The van der Waals surface area contributed by atoms with Crippen LogP contribution in [-0.2, 0) is 12.6 Å². The van der Waals surface area contributed by atoms with Gasteiger partial charge in [-0.25, -0.2) is 0 Å². The highest BCUT2D eigenvalue weighted by Gasteiger charge is 2.34. The molecule has 0 aliphatic carbocycles. The van der Waals surface area contributed by atoms with Gasteiger partial charge < -0.3 is 10.4 Å². The van der Waals surface area contributed by atoms with E-state index in [1.54, 1.807) is 0 Å². The van der Waals surface area contributed by atoms with E-state index >= 15 is 0 Å². The number of aliphatic hydroxyl groups is 1. The van der Waals surface area contributed by atoms with Gasteiger partial charge in [-0.05, 0) is 29.6 Å². The summed E-state index contributed by atoms with van der Waals surface area (Å²) in [5.74, 6) is -0.514. The van der Waals surface area contributed by atoms with Crippen molar-refractivity contribution in [3.8, 4) is 0 Å². The maximum absolute atomic E-state index is 12.9. The van der Waals surface area contributed by atoms with Crippen molar-refractivity contribution in [1.82, 2.24) is 14.9 Å². The number of halogens is 3. The highest BCUT2D eigenvalue weighted by molar-refractivity contribution is 7.08. The van der Waals surface area contributed by atoms with Gasteiger partial charge in [0.15, 0.2) is 0 Å². The Morgan fingerprint density at radius 2 is 2.09 bits per heavy atom. The van der Waals surface area contributed by atoms with E-state index in [1.807, 2.05) is 6.92 Å². The van der Waals surface area contributed by atoms with E-state index in [0.29, 0.717) is 17.0 Å². The fraction of sp³-hybridized carbons (Fsp3) is 0.357. The van der Waals surface area contributed by atoms with Crippen molar-refractivity contribution in [2.24, 2.45) is 0 Å². The first-order valence-corrected chi connectivity index (χ1v) is 7.55. The third-order valence-corrected chi connectivity index (χ3v) is 3.94. The van der Waals surface area contributed by atoms with Crippen LogP contribution in [-0.4, -0.2) is 27.1 Å². The second-order valence-corrected chi connectivity index (χ2v) is 5.47. The summed E-state index contributed by atoms with van der Waals surface area (Å²) in [5, 5.41) is 16.2. The van der Waals surface area contributed by atoms with Gasteiger partial charge in [0.1, 0.15) is 4.88 Å². The fourth-order valence-electron chi connectivity index (χ4n) is 2.04. The summed E-state index contributed by atoms with van der Waals surface area (Å²) in [6, 6.07) is 4.72. The van der Waals surface area contributed by atoms with Crippen LogP contribution in [0.5, 0.6) is 0 Å². The van der Waals surface area contributed by atoms with Gasteiger partial charge in [-0.2, -0.15) is 13.2 Å². The SMILES string of the molecule is CCc1nnsc1C(=O)NC[C@@H](O)c1ccccc1C(F)(F)F. The summed E-state index contributed by atoms with van der Waals surface area (Å²) in [7, 11) is 0. The van der Waals surface area contributed by atoms with Gasteiger partial charge in [-0.1, -0.05) is 29.6 Å². The number of amides is 1. The van der Waals surface area contributed by atoms with Crippen LogP contribution in [0.15, 0.2) is 24.3 Å². The van der Waals surface area contributed by atoms with Crippen molar-refractivity contribution in [2.75, 3.05) is 6.54 Å². The number of nitrogens with zero attached hydrogens (tertiary/aromatic N) is 2. The van der Waals surface area contributed by atoms with Crippen molar-refractivity contribution in [1.29, 1.82) is 0 Å². The average Bonchev–Trinajstić information content (AvgIpc) is 3.00. The molecule has 1 aromatic heterocycles. The Morgan fingerprint density at radius 3 is 2.74 bits per heavy atom. The minimum atomic E-state index is -4.57. The van der Waals surface area contributed by atoms with E-state index in [2.05, 4.69) is 14.9 Å². The molecular formula is C14H14F3N3O2S. The zero-order valence-corrected chi connectivity index (χ0v) is 12.9. The van der Waals surface area contributed by atoms with E-state index in [4.69, 9.17) is 0 Å². The molecule has 0 aliphatic rings. The Labute approximate surface area is 134 Å². The topological polar surface area (TPSA) is 75.1 Å². The lowest BCUT2D eigenvalue weighted by atomic mass is 10.0. The number of hydrogen-bond acceptors (Lipinski definition) is 5. The summed E-state index contributed by atoms with van der Waals surface area (Å²) in [5.41, 5.74) is -0.688. The zero-order chi connectivity index (χ0) is 17.0. The molecule has 1 amide bonds. The molecule has 2 rings (SSSR count). The monoisotopic (exact) mass is 345 g/mol. The van der Waals surface area contributed by atoms with Crippen LogP contribution < -0.4 is 5.32 Å². The molecular weight excluding hydrogens is 331 g/mol. The second-order valence-electron chi connectivity index (χ2n) is 4.71. The third kappa shape index (κ3) is 4.05. The number of carbonyl (C=O) groups excluding carboxylic acids is 1. The summed E-state index contributed by atoms with van der Waals surface area (Å²) >= 11 is 0.902. The normalized spacial score (nSPS) is 12.9. The van der Waals surface area contributed by atoms with Gasteiger partial charge in [0.05, 0.1) is 17.4 Å². The van der Waals surface area contributed by atoms with Crippen LogP contribution in [0.25, 0.3) is 0 Å². The Bertz CT molecular complexity index is 688. The largest absolute Gasteiger partial charge is 0.416 e. The maximum atomic E-state index is 12.9. The van der Waals surface area contributed by atoms with Crippen LogP contribution in [0.1, 0.15) is 39.5 Å². The van der Waals surface area contributed by atoms with E-state index < -0.39 is 23.8 Å². The van der Waals surface area contributed by atoms with E-state index in [-0.39, 0.29) is 12.1 Å². The van der Waals surface area contributed by atoms with Crippen LogP contribution in [0, 0.1) is 0 Å². The van der Waals surface area contributed by atoms with Gasteiger partial charge in [0.2, 0.25) is 0 Å². The Kier molecular flexibility index (Phi) is 5.32. The van der Waals surface area contributed by atoms with Gasteiger partial charge in [0.25, 0.3) is 5.91 Å². The molecule has 1 aromatic carbocycles. The van der Waals surface area contributed by atoms with Crippen molar-refractivity contribution in [3.05, 3.63) is 46.0 Å². The third-order valence-electron chi connectivity index (χ3n) is 3.18. The molecule has 9 heteroatoms. The molecule has 0 radical (unpaired) electrons. The van der Waals surface area contributed by atoms with E-state index in [1.165, 1.54) is 18.2 Å². The quantitative estimate of drug-likeness (QED) is 0.873. The molecule has 0 unspecified atom stereocenters. The second kappa shape index (κ2) is 7.05. The molecule has 23 heavy (non-hydrogen) atoms. The molecule has 0 bridgehead atoms. The molecule has 0 saturated carbocycles. The first-order chi connectivity index (χ1) is 10.8. The first-order valence-electron chi connectivity index (χ1n) is 6.78. The maximum Gasteiger partial charge on any atom is 0.416 e. The van der Waals surface area contributed by atoms with Gasteiger partial charge in [-0.15, -0.1) is 5.10 Å². The molecule has 5 nitrogen and oxygen atoms in total. The highest BCUT2D eigenvalue weighted by Crippen LogP contribution is 2.34. The number of alkyl halides is 3. The molecule has 2 N–H and O–H groups in total. The predicted octanol–water partition coefficient (Wildman–Crippen LogP) is 2.58. The van der Waals surface area contributed by atoms with Crippen molar-refractivity contribution in [3.63, 3.8) is 0 Å². The summed E-state index contributed by atoms with van der Waals surface area (Å²) in [4.78, 5) is 12.3. The molecule has 124 valence electrons. The first kappa shape index (κ1) is 17.4. The minimum Gasteiger partial charge on any atom is -0.387 e. The molecule has 0 saturated heterocycles. The van der Waals surface area contributed by atoms with Gasteiger partial charge in [-0.3, -0.25) is 4.79 Å². The highest BCUT2D eigenvalue weighted by atomic mass is 32.1. The summed E-state index contributed by atoms with van der Waals surface area (Å²) < 4.78 is 42.4. The lowest BCUT2D eigenvalue weighted by Crippen LogP contribution is -2.29. The molecule has 0 aliphatic heterocycles. The minimum absolute atomic E-state index is 0.279.